The Morgan fingerprint density at radius 3 is 2.93 bits per heavy atom. The Morgan fingerprint density at radius 2 is 2.19 bits per heavy atom. The normalized spacial score (nSPS) is 10.4. The number of nitriles is 1. The number of aromatic nitrogens is 2. The summed E-state index contributed by atoms with van der Waals surface area (Å²) in [6, 6.07) is 10.8. The molecule has 1 N–H and O–H groups in total. The molecule has 0 aliphatic carbocycles. The third-order valence-corrected chi connectivity index (χ3v) is 4.64. The van der Waals surface area contributed by atoms with Crippen LogP contribution in [0.5, 0.6) is 5.75 Å². The van der Waals surface area contributed by atoms with Crippen LogP contribution in [0.3, 0.4) is 0 Å². The maximum atomic E-state index is 14.3. The Balaban J connectivity index is 1.77. The fourth-order valence-electron chi connectivity index (χ4n) is 2.51. The molecule has 0 amide bonds. The lowest BCUT2D eigenvalue weighted by atomic mass is 10.2. The molecule has 2 heterocycles. The molecule has 0 aliphatic heterocycles. The molecule has 0 saturated heterocycles. The van der Waals surface area contributed by atoms with Crippen molar-refractivity contribution in [2.45, 2.75) is 26.2 Å². The van der Waals surface area contributed by atoms with Crippen LogP contribution in [0, 0.1) is 16.5 Å². The lowest BCUT2D eigenvalue weighted by Gasteiger charge is -2.10. The van der Waals surface area contributed by atoms with Gasteiger partial charge in [-0.3, -0.25) is 4.98 Å². The van der Waals surface area contributed by atoms with E-state index >= 15 is 0 Å². The average Bonchev–Trinajstić information content (AvgIpc) is 3.06. The van der Waals surface area contributed by atoms with Crippen LogP contribution >= 0.6 is 11.3 Å². The van der Waals surface area contributed by atoms with Gasteiger partial charge in [0.1, 0.15) is 17.5 Å². The number of halogens is 1. The van der Waals surface area contributed by atoms with Crippen molar-refractivity contribution in [1.82, 2.24) is 9.97 Å². The van der Waals surface area contributed by atoms with Crippen molar-refractivity contribution in [2.24, 2.45) is 0 Å². The number of hydrogen-bond acceptors (Lipinski definition) is 6. The van der Waals surface area contributed by atoms with E-state index < -0.39 is 0 Å². The molecule has 2 aromatic heterocycles. The number of nitrogens with one attached hydrogen (secondary N) is 1. The molecule has 7 heteroatoms. The second kappa shape index (κ2) is 9.10. The Bertz CT molecular complexity index is 937. The highest BCUT2D eigenvalue weighted by molar-refractivity contribution is 7.14. The molecule has 0 bridgehead atoms. The van der Waals surface area contributed by atoms with Gasteiger partial charge in [-0.1, -0.05) is 31.1 Å². The van der Waals surface area contributed by atoms with Gasteiger partial charge in [-0.25, -0.2) is 4.98 Å². The first-order valence-electron chi connectivity index (χ1n) is 8.72. The van der Waals surface area contributed by atoms with E-state index in [1.54, 1.807) is 42.7 Å². The van der Waals surface area contributed by atoms with Crippen LogP contribution in [0.4, 0.5) is 15.2 Å². The molecule has 27 heavy (non-hydrogen) atoms. The molecule has 0 spiro atoms. The summed E-state index contributed by atoms with van der Waals surface area (Å²) < 4.78 is 20.0. The summed E-state index contributed by atoms with van der Waals surface area (Å²) in [5, 5.41) is 12.4. The largest absolute Gasteiger partial charge is 0.492 e. The van der Waals surface area contributed by atoms with Crippen molar-refractivity contribution in [2.75, 3.05) is 11.9 Å². The Morgan fingerprint density at radius 1 is 1.30 bits per heavy atom. The van der Waals surface area contributed by atoms with Crippen LogP contribution in [0.25, 0.3) is 11.3 Å². The smallest absolute Gasteiger partial charge is 0.206 e. The van der Waals surface area contributed by atoms with Crippen LogP contribution in [0.1, 0.15) is 31.7 Å². The van der Waals surface area contributed by atoms with Crippen LogP contribution in [0.2, 0.25) is 0 Å². The summed E-state index contributed by atoms with van der Waals surface area (Å²) in [5.74, 6) is 0.517. The zero-order valence-electron chi connectivity index (χ0n) is 14.9. The predicted octanol–water partition coefficient (Wildman–Crippen LogP) is 5.53. The fraction of sp³-hybridized carbons (Fsp3) is 0.250. The molecule has 0 atom stereocenters. The third-order valence-electron chi connectivity index (χ3n) is 3.88. The molecular weight excluding hydrogens is 363 g/mol. The van der Waals surface area contributed by atoms with Crippen LogP contribution < -0.4 is 10.1 Å². The van der Waals surface area contributed by atoms with Gasteiger partial charge in [0.25, 0.3) is 0 Å². The quantitative estimate of drug-likeness (QED) is 0.519. The van der Waals surface area contributed by atoms with Crippen molar-refractivity contribution in [3.8, 4) is 23.1 Å². The molecule has 138 valence electrons. The molecule has 0 aliphatic rings. The van der Waals surface area contributed by atoms with Gasteiger partial charge in [-0.2, -0.15) is 9.65 Å². The minimum absolute atomic E-state index is 0.264. The highest BCUT2D eigenvalue weighted by Gasteiger charge is 2.14. The molecule has 0 unspecified atom stereocenters. The van der Waals surface area contributed by atoms with E-state index in [9.17, 15) is 9.65 Å². The summed E-state index contributed by atoms with van der Waals surface area (Å²) in [5.41, 5.74) is 2.05. The zero-order chi connectivity index (χ0) is 19.1. The number of pyridine rings is 1. The first kappa shape index (κ1) is 18.8. The number of unbranched alkanes of at least 4 members (excludes halogenated alkanes) is 2. The molecule has 0 fully saturated rings. The lowest BCUT2D eigenvalue weighted by molar-refractivity contribution is 0.305. The molecular formula is C20H19FN4OS. The molecule has 3 rings (SSSR count). The highest BCUT2D eigenvalue weighted by Crippen LogP contribution is 2.32. The zero-order valence-corrected chi connectivity index (χ0v) is 15.7. The average molecular weight is 382 g/mol. The summed E-state index contributed by atoms with van der Waals surface area (Å²) in [4.78, 5) is 8.32. The van der Waals surface area contributed by atoms with E-state index in [-0.39, 0.29) is 10.8 Å². The van der Waals surface area contributed by atoms with Crippen molar-refractivity contribution in [3.05, 3.63) is 53.4 Å². The van der Waals surface area contributed by atoms with Gasteiger partial charge in [0, 0.05) is 29.7 Å². The number of anilines is 2. The van der Waals surface area contributed by atoms with Crippen LogP contribution in [-0.2, 0) is 0 Å². The third kappa shape index (κ3) is 4.80. The monoisotopic (exact) mass is 382 g/mol. The second-order valence-electron chi connectivity index (χ2n) is 5.89. The topological polar surface area (TPSA) is 70.8 Å². The fourth-order valence-corrected chi connectivity index (χ4v) is 3.24. The number of rotatable bonds is 8. The second-order valence-corrected chi connectivity index (χ2v) is 6.84. The number of thiazole rings is 1. The van der Waals surface area contributed by atoms with Gasteiger partial charge >= 0.3 is 0 Å². The summed E-state index contributed by atoms with van der Waals surface area (Å²) in [6.45, 7) is 2.68. The Kier molecular flexibility index (Phi) is 6.34. The number of ether oxygens (including phenoxy) is 1. The van der Waals surface area contributed by atoms with Crippen molar-refractivity contribution >= 4 is 22.2 Å². The van der Waals surface area contributed by atoms with Gasteiger partial charge in [-0.05, 0) is 30.7 Å². The maximum absolute atomic E-state index is 14.3. The number of benzene rings is 1. The molecule has 5 nitrogen and oxygen atoms in total. The van der Waals surface area contributed by atoms with Gasteiger partial charge in [0.2, 0.25) is 5.13 Å². The molecule has 3 aromatic rings. The summed E-state index contributed by atoms with van der Waals surface area (Å²) in [6.07, 6.45) is 6.32. The van der Waals surface area contributed by atoms with E-state index in [0.29, 0.717) is 34.3 Å². The number of hydrogen-bond donors (Lipinski definition) is 1. The van der Waals surface area contributed by atoms with E-state index in [2.05, 4.69) is 28.3 Å². The van der Waals surface area contributed by atoms with Crippen molar-refractivity contribution < 1.29 is 9.13 Å². The first-order chi connectivity index (χ1) is 13.2. The van der Waals surface area contributed by atoms with Crippen LogP contribution in [0.15, 0.2) is 42.7 Å². The predicted molar refractivity (Wildman–Crippen MR) is 105 cm³/mol. The van der Waals surface area contributed by atoms with Gasteiger partial charge < -0.3 is 10.1 Å². The highest BCUT2D eigenvalue weighted by atomic mass is 32.1. The molecule has 0 saturated carbocycles. The van der Waals surface area contributed by atoms with Crippen molar-refractivity contribution in [1.29, 1.82) is 5.26 Å². The maximum Gasteiger partial charge on any atom is 0.206 e. The Hall–Kier alpha value is -2.98. The summed E-state index contributed by atoms with van der Waals surface area (Å²) in [7, 11) is 0. The van der Waals surface area contributed by atoms with Gasteiger partial charge in [-0.15, -0.1) is 0 Å². The first-order valence-corrected chi connectivity index (χ1v) is 9.53. The van der Waals surface area contributed by atoms with Gasteiger partial charge in [0.15, 0.2) is 5.13 Å². The minimum atomic E-state index is -0.379. The Labute approximate surface area is 161 Å². The van der Waals surface area contributed by atoms with E-state index in [0.717, 1.165) is 30.6 Å². The summed E-state index contributed by atoms with van der Waals surface area (Å²) >= 11 is 0.922. The molecule has 0 radical (unpaired) electrons. The van der Waals surface area contributed by atoms with E-state index in [1.807, 2.05) is 0 Å². The minimum Gasteiger partial charge on any atom is -0.492 e. The van der Waals surface area contributed by atoms with Gasteiger partial charge in [0.05, 0.1) is 12.2 Å². The SMILES string of the molecule is CCCCCOc1cc(Nc2nc(-c3cccnc3)c(F)s2)ccc1C#N. The van der Waals surface area contributed by atoms with E-state index in [1.165, 1.54) is 0 Å². The standard InChI is InChI=1S/C20H19FN4OS/c1-2-3-4-10-26-17-11-16(8-7-14(17)12-22)24-20-25-18(19(21)27-20)15-6-5-9-23-13-15/h5-9,11,13H,2-4,10H2,1H3,(H,24,25). The van der Waals surface area contributed by atoms with Crippen molar-refractivity contribution in [3.63, 3.8) is 0 Å². The number of nitrogens with zero attached hydrogens (tertiary/aromatic N) is 3. The van der Waals surface area contributed by atoms with Crippen LogP contribution in [-0.4, -0.2) is 16.6 Å². The van der Waals surface area contributed by atoms with E-state index in [4.69, 9.17) is 4.74 Å². The lowest BCUT2D eigenvalue weighted by Crippen LogP contribution is -2.00. The molecule has 1 aromatic carbocycles.